The first-order chi connectivity index (χ1) is 4.54. The molecule has 6 N–H and O–H groups in total. The lowest BCUT2D eigenvalue weighted by Gasteiger charge is -1.91. The van der Waals surface area contributed by atoms with Gasteiger partial charge in [0.1, 0.15) is 12.5 Å². The van der Waals surface area contributed by atoms with Gasteiger partial charge in [-0.15, -0.1) is 0 Å². The van der Waals surface area contributed by atoms with Crippen molar-refractivity contribution in [1.29, 1.82) is 0 Å². The molecule has 0 bridgehead atoms. The first kappa shape index (κ1) is 12.5. The van der Waals surface area contributed by atoms with Crippen LogP contribution in [0.3, 0.4) is 0 Å². The van der Waals surface area contributed by atoms with Gasteiger partial charge in [0, 0.05) is 0 Å². The van der Waals surface area contributed by atoms with E-state index in [9.17, 15) is 0 Å². The molecule has 4 heteroatoms. The van der Waals surface area contributed by atoms with E-state index in [4.69, 9.17) is 21.7 Å². The molecule has 0 rings (SSSR count). The summed E-state index contributed by atoms with van der Waals surface area (Å²) in [5.41, 5.74) is 9.69. The van der Waals surface area contributed by atoms with Gasteiger partial charge in [-0.25, -0.2) is 0 Å². The Morgan fingerprint density at radius 3 is 1.10 bits per heavy atom. The quantitative estimate of drug-likeness (QED) is 0.393. The molecule has 0 aliphatic rings. The Morgan fingerprint density at radius 2 is 1.10 bits per heavy atom. The minimum Gasteiger partial charge on any atom is -0.379 e. The molecule has 0 radical (unpaired) electrons. The molecule has 0 aromatic carbocycles. The highest BCUT2D eigenvalue weighted by molar-refractivity contribution is 4.31. The van der Waals surface area contributed by atoms with Gasteiger partial charge in [0.2, 0.25) is 0 Å². The Morgan fingerprint density at radius 1 is 1.00 bits per heavy atom. The van der Waals surface area contributed by atoms with Crippen LogP contribution in [0.1, 0.15) is 26.7 Å². The summed E-state index contributed by atoms with van der Waals surface area (Å²) in [5, 5.41) is 16.3. The van der Waals surface area contributed by atoms with E-state index in [0.29, 0.717) is 12.8 Å². The number of aliphatic hydroxyl groups excluding tert-OH is 2. The normalized spacial score (nSPS) is 15.0. The predicted octanol–water partition coefficient (Wildman–Crippen LogP) is -0.653. The standard InChI is InChI=1S/2C3H9NO/c2*1-2-3(4)5/h2*3,5H,2,4H2,1H3. The van der Waals surface area contributed by atoms with Gasteiger partial charge in [0.25, 0.3) is 0 Å². The van der Waals surface area contributed by atoms with E-state index in [1.807, 2.05) is 13.8 Å². The summed E-state index contributed by atoms with van der Waals surface area (Å²) < 4.78 is 0. The molecule has 0 heterocycles. The van der Waals surface area contributed by atoms with Crippen LogP contribution in [0, 0.1) is 0 Å². The van der Waals surface area contributed by atoms with Crippen molar-refractivity contribution < 1.29 is 10.2 Å². The third-order valence-corrected chi connectivity index (χ3v) is 0.837. The molecule has 0 saturated heterocycles. The van der Waals surface area contributed by atoms with Crippen molar-refractivity contribution in [3.8, 4) is 0 Å². The van der Waals surface area contributed by atoms with Crippen molar-refractivity contribution in [2.24, 2.45) is 11.5 Å². The van der Waals surface area contributed by atoms with Crippen molar-refractivity contribution in [3.05, 3.63) is 0 Å². The molecule has 2 atom stereocenters. The lowest BCUT2D eigenvalue weighted by molar-refractivity contribution is 0.178. The molecule has 0 aliphatic heterocycles. The molecule has 10 heavy (non-hydrogen) atoms. The van der Waals surface area contributed by atoms with Crippen molar-refractivity contribution in [2.75, 3.05) is 0 Å². The molecule has 4 nitrogen and oxygen atoms in total. The van der Waals surface area contributed by atoms with Crippen molar-refractivity contribution in [2.45, 2.75) is 39.1 Å². The van der Waals surface area contributed by atoms with Crippen LogP contribution in [0.5, 0.6) is 0 Å². The summed E-state index contributed by atoms with van der Waals surface area (Å²) in [6, 6.07) is 0. The number of aliphatic hydroxyl groups is 2. The van der Waals surface area contributed by atoms with Crippen molar-refractivity contribution >= 4 is 0 Å². The van der Waals surface area contributed by atoms with E-state index in [0.717, 1.165) is 0 Å². The summed E-state index contributed by atoms with van der Waals surface area (Å²) in [5.74, 6) is 0. The van der Waals surface area contributed by atoms with Crippen molar-refractivity contribution in [3.63, 3.8) is 0 Å². The van der Waals surface area contributed by atoms with E-state index < -0.39 is 12.5 Å². The highest BCUT2D eigenvalue weighted by atomic mass is 16.3. The first-order valence-electron chi connectivity index (χ1n) is 3.41. The Hall–Kier alpha value is -0.160. The molecule has 2 unspecified atom stereocenters. The van der Waals surface area contributed by atoms with Crippen LogP contribution in [0.4, 0.5) is 0 Å². The van der Waals surface area contributed by atoms with Gasteiger partial charge in [-0.05, 0) is 12.8 Å². The van der Waals surface area contributed by atoms with Crippen molar-refractivity contribution in [1.82, 2.24) is 0 Å². The van der Waals surface area contributed by atoms with E-state index in [-0.39, 0.29) is 0 Å². The van der Waals surface area contributed by atoms with E-state index in [1.165, 1.54) is 0 Å². The number of hydrogen-bond donors (Lipinski definition) is 4. The molecule has 0 aromatic rings. The maximum absolute atomic E-state index is 8.14. The lowest BCUT2D eigenvalue weighted by Crippen LogP contribution is -2.16. The average Bonchev–Trinajstić information content (AvgIpc) is 1.89. The van der Waals surface area contributed by atoms with Gasteiger partial charge in [-0.2, -0.15) is 0 Å². The summed E-state index contributed by atoms with van der Waals surface area (Å²) in [6.07, 6.45) is 0.0463. The van der Waals surface area contributed by atoms with Crippen LogP contribution in [0.2, 0.25) is 0 Å². The van der Waals surface area contributed by atoms with Crippen LogP contribution in [0.25, 0.3) is 0 Å². The molecule has 0 amide bonds. The van der Waals surface area contributed by atoms with Crippen LogP contribution in [0.15, 0.2) is 0 Å². The Bertz CT molecular complexity index is 49.7. The number of nitrogens with two attached hydrogens (primary N) is 2. The van der Waals surface area contributed by atoms with E-state index >= 15 is 0 Å². The monoisotopic (exact) mass is 150 g/mol. The van der Waals surface area contributed by atoms with E-state index in [1.54, 1.807) is 0 Å². The topological polar surface area (TPSA) is 92.5 Å². The third kappa shape index (κ3) is 24.9. The SMILES string of the molecule is CCC(N)O.CCC(N)O. The highest BCUT2D eigenvalue weighted by Gasteiger charge is 1.81. The van der Waals surface area contributed by atoms with Crippen LogP contribution in [-0.2, 0) is 0 Å². The summed E-state index contributed by atoms with van der Waals surface area (Å²) in [6.45, 7) is 3.65. The van der Waals surface area contributed by atoms with Gasteiger partial charge in [0.15, 0.2) is 0 Å². The molecule has 0 saturated carbocycles. The minimum absolute atomic E-state index is 0.616. The van der Waals surface area contributed by atoms with Crippen LogP contribution < -0.4 is 11.5 Å². The van der Waals surface area contributed by atoms with Gasteiger partial charge in [0.05, 0.1) is 0 Å². The summed E-state index contributed by atoms with van der Waals surface area (Å²) in [4.78, 5) is 0. The third-order valence-electron chi connectivity index (χ3n) is 0.837. The van der Waals surface area contributed by atoms with Gasteiger partial charge < -0.3 is 21.7 Å². The smallest absolute Gasteiger partial charge is 0.102 e. The van der Waals surface area contributed by atoms with Gasteiger partial charge in [-0.1, -0.05) is 13.8 Å². The number of hydrogen-bond acceptors (Lipinski definition) is 4. The summed E-state index contributed by atoms with van der Waals surface area (Å²) >= 11 is 0. The van der Waals surface area contributed by atoms with E-state index in [2.05, 4.69) is 0 Å². The Labute approximate surface area is 61.8 Å². The number of rotatable bonds is 2. The molecule has 0 fully saturated rings. The zero-order chi connectivity index (χ0) is 8.57. The predicted molar refractivity (Wildman–Crippen MR) is 41.0 cm³/mol. The maximum Gasteiger partial charge on any atom is 0.102 e. The van der Waals surface area contributed by atoms with Crippen LogP contribution in [-0.4, -0.2) is 22.7 Å². The zero-order valence-electron chi connectivity index (χ0n) is 6.62. The average molecular weight is 150 g/mol. The van der Waals surface area contributed by atoms with Gasteiger partial charge >= 0.3 is 0 Å². The van der Waals surface area contributed by atoms with Gasteiger partial charge in [-0.3, -0.25) is 0 Å². The molecular formula is C6H18N2O2. The Balaban J connectivity index is 0. The largest absolute Gasteiger partial charge is 0.379 e. The minimum atomic E-state index is -0.616. The molecule has 0 aliphatic carbocycles. The second-order valence-corrected chi connectivity index (χ2v) is 1.95. The zero-order valence-corrected chi connectivity index (χ0v) is 6.62. The fourth-order valence-electron chi connectivity index (χ4n) is 0. The molecular weight excluding hydrogens is 132 g/mol. The summed E-state index contributed by atoms with van der Waals surface area (Å²) in [7, 11) is 0. The fourth-order valence-corrected chi connectivity index (χ4v) is 0. The van der Waals surface area contributed by atoms with Crippen LogP contribution >= 0.6 is 0 Å². The Kier molecular flexibility index (Phi) is 11.1. The fraction of sp³-hybridized carbons (Fsp3) is 1.00. The molecule has 0 aromatic heterocycles. The first-order valence-corrected chi connectivity index (χ1v) is 3.41. The molecule has 0 spiro atoms. The maximum atomic E-state index is 8.14. The highest BCUT2D eigenvalue weighted by Crippen LogP contribution is 1.73. The lowest BCUT2D eigenvalue weighted by atomic mass is 10.5. The molecule has 64 valence electrons. The second-order valence-electron chi connectivity index (χ2n) is 1.95. The second kappa shape index (κ2) is 8.84.